The van der Waals surface area contributed by atoms with Crippen molar-refractivity contribution in [2.45, 2.75) is 25.7 Å². The van der Waals surface area contributed by atoms with Gasteiger partial charge in [0.1, 0.15) is 11.4 Å². The number of aliphatic hydroxyl groups excluding tert-OH is 1. The number of aromatic hydroxyl groups is 1. The van der Waals surface area contributed by atoms with Gasteiger partial charge in [-0.15, -0.1) is 0 Å². The van der Waals surface area contributed by atoms with Crippen LogP contribution in [0.4, 0.5) is 5.69 Å². The minimum absolute atomic E-state index is 0.168. The molecule has 2 aromatic rings. The van der Waals surface area contributed by atoms with Crippen LogP contribution in [0.15, 0.2) is 36.4 Å². The summed E-state index contributed by atoms with van der Waals surface area (Å²) in [6.45, 7) is 0.168. The van der Waals surface area contributed by atoms with Crippen molar-refractivity contribution in [1.29, 1.82) is 0 Å². The molecule has 1 amide bonds. The summed E-state index contributed by atoms with van der Waals surface area (Å²) in [7, 11) is 0. The third-order valence-electron chi connectivity index (χ3n) is 3.84. The fourth-order valence-corrected chi connectivity index (χ4v) is 2.59. The number of hydrogen-bond donors (Lipinski definition) is 4. The first-order valence-electron chi connectivity index (χ1n) is 7.67. The molecular weight excluding hydrogens is 292 g/mol. The molecule has 0 aromatic heterocycles. The highest BCUT2D eigenvalue weighted by atomic mass is 16.3. The fraction of sp³-hybridized carbons (Fsp3) is 0.278. The van der Waals surface area contributed by atoms with Crippen LogP contribution in [0.25, 0.3) is 0 Å². The van der Waals surface area contributed by atoms with Crippen molar-refractivity contribution in [3.63, 3.8) is 0 Å². The monoisotopic (exact) mass is 315 g/mol. The number of unbranched alkanes of at least 4 members (excludes halogenated alkanes) is 1. The van der Waals surface area contributed by atoms with Crippen LogP contribution in [0, 0.1) is 0 Å². The number of carbonyl (C=O) groups is 1. The Bertz CT molecular complexity index is 699. The molecule has 0 radical (unpaired) electrons. The molecule has 0 heterocycles. The van der Waals surface area contributed by atoms with E-state index >= 15 is 0 Å². The van der Waals surface area contributed by atoms with Crippen LogP contribution in [0.3, 0.4) is 0 Å². The molecule has 23 heavy (non-hydrogen) atoms. The van der Waals surface area contributed by atoms with Gasteiger partial charge in [-0.25, -0.2) is 0 Å². The van der Waals surface area contributed by atoms with Gasteiger partial charge < -0.3 is 21.7 Å². The average molecular weight is 315 g/mol. The van der Waals surface area contributed by atoms with Crippen LogP contribution < -0.4 is 11.5 Å². The summed E-state index contributed by atoms with van der Waals surface area (Å²) < 4.78 is 0. The Hall–Kier alpha value is -2.37. The summed E-state index contributed by atoms with van der Waals surface area (Å²) in [4.78, 5) is 11.8. The second-order valence-electron chi connectivity index (χ2n) is 5.68. The van der Waals surface area contributed by atoms with Gasteiger partial charge >= 0.3 is 0 Å². The quantitative estimate of drug-likeness (QED) is 0.577. The number of phenols is 1. The van der Waals surface area contributed by atoms with Gasteiger partial charge in [0, 0.05) is 36.3 Å². The van der Waals surface area contributed by atoms with Crippen molar-refractivity contribution in [3.05, 3.63) is 58.7 Å². The molecule has 0 saturated heterocycles. The maximum atomic E-state index is 11.8. The van der Waals surface area contributed by atoms with E-state index in [0.717, 1.165) is 36.1 Å². The van der Waals surface area contributed by atoms with Crippen LogP contribution in [-0.4, -0.2) is 22.7 Å². The van der Waals surface area contributed by atoms with Crippen molar-refractivity contribution in [3.8, 4) is 5.75 Å². The SMILES string of the molecule is NC(=O)c1cc(CCCCO)ccc1Cc1cc([NH3+])ccc1O. The first kappa shape index (κ1) is 17.0. The molecule has 0 aliphatic carbocycles. The number of primary amides is 1. The van der Waals surface area contributed by atoms with Crippen molar-refractivity contribution in [2.24, 2.45) is 5.73 Å². The van der Waals surface area contributed by atoms with E-state index in [4.69, 9.17) is 10.8 Å². The van der Waals surface area contributed by atoms with Crippen molar-refractivity contribution in [2.75, 3.05) is 6.61 Å². The molecule has 2 aromatic carbocycles. The average Bonchev–Trinajstić information content (AvgIpc) is 2.52. The molecule has 5 heteroatoms. The Morgan fingerprint density at radius 2 is 1.87 bits per heavy atom. The number of aliphatic hydroxyl groups is 1. The van der Waals surface area contributed by atoms with Gasteiger partial charge in [-0.1, -0.05) is 12.1 Å². The molecule has 0 aliphatic rings. The third-order valence-corrected chi connectivity index (χ3v) is 3.84. The first-order chi connectivity index (χ1) is 11.0. The molecule has 0 bridgehead atoms. The Labute approximate surface area is 135 Å². The van der Waals surface area contributed by atoms with Crippen molar-refractivity contribution < 1.29 is 20.7 Å². The summed E-state index contributed by atoms with van der Waals surface area (Å²) in [6.07, 6.45) is 2.81. The van der Waals surface area contributed by atoms with Crippen LogP contribution >= 0.6 is 0 Å². The van der Waals surface area contributed by atoms with Crippen LogP contribution in [-0.2, 0) is 12.8 Å². The molecule has 2 rings (SSSR count). The van der Waals surface area contributed by atoms with E-state index in [1.165, 1.54) is 0 Å². The highest BCUT2D eigenvalue weighted by molar-refractivity contribution is 5.94. The Morgan fingerprint density at radius 3 is 2.57 bits per heavy atom. The zero-order valence-electron chi connectivity index (χ0n) is 13.1. The first-order valence-corrected chi connectivity index (χ1v) is 7.67. The van der Waals surface area contributed by atoms with E-state index in [-0.39, 0.29) is 12.4 Å². The molecule has 0 fully saturated rings. The molecule has 0 spiro atoms. The Balaban J connectivity index is 2.27. The minimum atomic E-state index is -0.478. The van der Waals surface area contributed by atoms with E-state index in [9.17, 15) is 9.90 Å². The fourth-order valence-electron chi connectivity index (χ4n) is 2.59. The number of benzene rings is 2. The lowest BCUT2D eigenvalue weighted by Crippen LogP contribution is -2.40. The predicted octanol–water partition coefficient (Wildman–Crippen LogP) is 1.27. The number of hydrogen-bond acceptors (Lipinski definition) is 3. The largest absolute Gasteiger partial charge is 0.508 e. The maximum Gasteiger partial charge on any atom is 0.248 e. The van der Waals surface area contributed by atoms with Crippen molar-refractivity contribution >= 4 is 11.6 Å². The third kappa shape index (κ3) is 4.55. The zero-order chi connectivity index (χ0) is 16.8. The van der Waals surface area contributed by atoms with Gasteiger partial charge in [0.25, 0.3) is 0 Å². The van der Waals surface area contributed by atoms with E-state index in [2.05, 4.69) is 5.73 Å². The van der Waals surface area contributed by atoms with Crippen molar-refractivity contribution in [1.82, 2.24) is 0 Å². The zero-order valence-corrected chi connectivity index (χ0v) is 13.1. The van der Waals surface area contributed by atoms with E-state index in [1.807, 2.05) is 12.1 Å². The second-order valence-corrected chi connectivity index (χ2v) is 5.68. The summed E-state index contributed by atoms with van der Waals surface area (Å²) in [5, 5.41) is 18.8. The van der Waals surface area contributed by atoms with Gasteiger partial charge in [-0.05, 0) is 42.5 Å². The highest BCUT2D eigenvalue weighted by Gasteiger charge is 2.12. The topological polar surface area (TPSA) is 111 Å². The molecule has 0 unspecified atom stereocenters. The number of carbonyl (C=O) groups excluding carboxylic acids is 1. The highest BCUT2D eigenvalue weighted by Crippen LogP contribution is 2.24. The lowest BCUT2D eigenvalue weighted by Gasteiger charge is -2.11. The molecular formula is C18H23N2O3+. The summed E-state index contributed by atoms with van der Waals surface area (Å²) in [5.41, 5.74) is 13.2. The van der Waals surface area contributed by atoms with Gasteiger partial charge in [0.05, 0.1) is 0 Å². The van der Waals surface area contributed by atoms with Gasteiger partial charge in [-0.3, -0.25) is 4.79 Å². The van der Waals surface area contributed by atoms with E-state index < -0.39 is 5.91 Å². The Morgan fingerprint density at radius 1 is 1.09 bits per heavy atom. The number of quaternary nitrogens is 1. The number of aryl methyl sites for hydroxylation is 1. The number of phenolic OH excluding ortho intramolecular Hbond substituents is 1. The summed E-state index contributed by atoms with van der Waals surface area (Å²) >= 11 is 0. The van der Waals surface area contributed by atoms with E-state index in [1.54, 1.807) is 24.3 Å². The van der Waals surface area contributed by atoms with Crippen LogP contribution in [0.1, 0.15) is 39.9 Å². The Kier molecular flexibility index (Phi) is 5.73. The summed E-state index contributed by atoms with van der Waals surface area (Å²) in [6, 6.07) is 10.8. The number of amides is 1. The molecule has 122 valence electrons. The smallest absolute Gasteiger partial charge is 0.248 e. The van der Waals surface area contributed by atoms with Crippen LogP contribution in [0.5, 0.6) is 5.75 Å². The molecule has 0 aliphatic heterocycles. The second kappa shape index (κ2) is 7.76. The number of rotatable bonds is 7. The molecule has 5 nitrogen and oxygen atoms in total. The summed E-state index contributed by atoms with van der Waals surface area (Å²) in [5.74, 6) is -0.297. The number of nitrogens with two attached hydrogens (primary N) is 1. The lowest BCUT2D eigenvalue weighted by molar-refractivity contribution is -0.254. The van der Waals surface area contributed by atoms with Gasteiger partial charge in [0.15, 0.2) is 0 Å². The maximum absolute atomic E-state index is 11.8. The molecule has 0 atom stereocenters. The normalized spacial score (nSPS) is 10.7. The van der Waals surface area contributed by atoms with Gasteiger partial charge in [0.2, 0.25) is 5.91 Å². The minimum Gasteiger partial charge on any atom is -0.508 e. The molecule has 7 N–H and O–H groups in total. The predicted molar refractivity (Wildman–Crippen MR) is 88.4 cm³/mol. The molecule has 0 saturated carbocycles. The van der Waals surface area contributed by atoms with E-state index in [0.29, 0.717) is 17.5 Å². The standard InChI is InChI=1S/C18H22N2O3/c19-15-6-7-17(22)14(11-15)10-13-5-4-12(3-1-2-8-21)9-16(13)18(20)23/h4-7,9,11,21-22H,1-3,8,10,19H2,(H2,20,23)/p+1. The van der Waals surface area contributed by atoms with Crippen LogP contribution in [0.2, 0.25) is 0 Å². The lowest BCUT2D eigenvalue weighted by atomic mass is 9.95. The van der Waals surface area contributed by atoms with Gasteiger partial charge in [-0.2, -0.15) is 0 Å².